The molecule has 0 aliphatic heterocycles. The predicted molar refractivity (Wildman–Crippen MR) is 79.0 cm³/mol. The summed E-state index contributed by atoms with van der Waals surface area (Å²) in [6.45, 7) is 5.35. The Labute approximate surface area is 126 Å². The molecule has 0 aliphatic rings. The number of amides is 1. The predicted octanol–water partition coefficient (Wildman–Crippen LogP) is 2.69. The first kappa shape index (κ1) is 16.5. The fourth-order valence-electron chi connectivity index (χ4n) is 1.46. The quantitative estimate of drug-likeness (QED) is 0.832. The molecule has 1 unspecified atom stereocenters. The number of benzene rings is 1. The van der Waals surface area contributed by atoms with Gasteiger partial charge in [-0.2, -0.15) is 0 Å². The van der Waals surface area contributed by atoms with Crippen LogP contribution in [0.15, 0.2) is 22.7 Å². The van der Waals surface area contributed by atoms with E-state index in [1.807, 2.05) is 13.8 Å². The minimum absolute atomic E-state index is 0.0613. The van der Waals surface area contributed by atoms with Gasteiger partial charge in [0.1, 0.15) is 5.75 Å². The van der Waals surface area contributed by atoms with Gasteiger partial charge in [0.25, 0.3) is 5.91 Å². The third-order valence-corrected chi connectivity index (χ3v) is 3.03. The summed E-state index contributed by atoms with van der Waals surface area (Å²) in [5, 5.41) is 11.4. The van der Waals surface area contributed by atoms with Gasteiger partial charge in [0, 0.05) is 11.0 Å². The van der Waals surface area contributed by atoms with E-state index in [2.05, 4.69) is 21.2 Å². The second-order valence-electron chi connectivity index (χ2n) is 4.76. The summed E-state index contributed by atoms with van der Waals surface area (Å²) >= 11 is 3.33. The SMILES string of the molecule is CC(C)Oc1cc(Br)ccc1C(=O)NCC(C)C(=O)O. The fourth-order valence-corrected chi connectivity index (χ4v) is 1.80. The normalized spacial score (nSPS) is 12.1. The maximum absolute atomic E-state index is 12.1. The molecule has 2 N–H and O–H groups in total. The van der Waals surface area contributed by atoms with Crippen LogP contribution < -0.4 is 10.1 Å². The van der Waals surface area contributed by atoms with E-state index >= 15 is 0 Å². The molecular weight excluding hydrogens is 326 g/mol. The average Bonchev–Trinajstić information content (AvgIpc) is 2.34. The Kier molecular flexibility index (Phi) is 6.01. The van der Waals surface area contributed by atoms with Crippen LogP contribution in [0.1, 0.15) is 31.1 Å². The molecule has 0 bridgehead atoms. The second kappa shape index (κ2) is 7.28. The number of carboxylic acids is 1. The van der Waals surface area contributed by atoms with E-state index in [1.54, 1.807) is 18.2 Å². The van der Waals surface area contributed by atoms with Gasteiger partial charge >= 0.3 is 5.97 Å². The van der Waals surface area contributed by atoms with Crippen molar-refractivity contribution in [1.29, 1.82) is 0 Å². The Hall–Kier alpha value is -1.56. The first-order valence-corrected chi connectivity index (χ1v) is 7.07. The standard InChI is InChI=1S/C14H18BrNO4/c1-8(2)20-12-6-10(15)4-5-11(12)13(17)16-7-9(3)14(18)19/h4-6,8-9H,7H2,1-3H3,(H,16,17)(H,18,19). The van der Waals surface area contributed by atoms with Crippen LogP contribution in [0, 0.1) is 5.92 Å². The van der Waals surface area contributed by atoms with Gasteiger partial charge in [-0.05, 0) is 32.0 Å². The first-order chi connectivity index (χ1) is 9.31. The number of carbonyl (C=O) groups is 2. The number of rotatable bonds is 6. The molecule has 6 heteroatoms. The van der Waals surface area contributed by atoms with Crippen LogP contribution in [-0.2, 0) is 4.79 Å². The lowest BCUT2D eigenvalue weighted by Crippen LogP contribution is -2.31. The monoisotopic (exact) mass is 343 g/mol. The van der Waals surface area contributed by atoms with Gasteiger partial charge in [-0.15, -0.1) is 0 Å². The Morgan fingerprint density at radius 3 is 2.55 bits per heavy atom. The van der Waals surface area contributed by atoms with E-state index in [1.165, 1.54) is 6.92 Å². The third kappa shape index (κ3) is 4.85. The van der Waals surface area contributed by atoms with Crippen LogP contribution in [-0.4, -0.2) is 29.6 Å². The number of carboxylic acid groups (broad SMARTS) is 1. The summed E-state index contributed by atoms with van der Waals surface area (Å²) in [5.74, 6) is -1.46. The van der Waals surface area contributed by atoms with E-state index in [4.69, 9.17) is 9.84 Å². The highest BCUT2D eigenvalue weighted by molar-refractivity contribution is 9.10. The molecule has 20 heavy (non-hydrogen) atoms. The van der Waals surface area contributed by atoms with Gasteiger partial charge in [0.2, 0.25) is 0 Å². The van der Waals surface area contributed by atoms with Crippen LogP contribution in [0.25, 0.3) is 0 Å². The van der Waals surface area contributed by atoms with Crippen molar-refractivity contribution >= 4 is 27.8 Å². The van der Waals surface area contributed by atoms with E-state index in [9.17, 15) is 9.59 Å². The second-order valence-corrected chi connectivity index (χ2v) is 5.67. The average molecular weight is 344 g/mol. The highest BCUT2D eigenvalue weighted by atomic mass is 79.9. The summed E-state index contributed by atoms with van der Waals surface area (Å²) in [5.41, 5.74) is 0.388. The maximum Gasteiger partial charge on any atom is 0.308 e. The molecule has 0 spiro atoms. The van der Waals surface area contributed by atoms with Crippen LogP contribution in [0.3, 0.4) is 0 Å². The Morgan fingerprint density at radius 1 is 1.35 bits per heavy atom. The van der Waals surface area contributed by atoms with Gasteiger partial charge in [0.05, 0.1) is 17.6 Å². The van der Waals surface area contributed by atoms with Crippen LogP contribution in [0.5, 0.6) is 5.75 Å². The minimum atomic E-state index is -0.945. The zero-order valence-electron chi connectivity index (χ0n) is 11.6. The van der Waals surface area contributed by atoms with Crippen molar-refractivity contribution in [3.63, 3.8) is 0 Å². The number of hydrogen-bond donors (Lipinski definition) is 2. The summed E-state index contributed by atoms with van der Waals surface area (Å²) in [6.07, 6.45) is -0.0613. The molecule has 1 amide bonds. The first-order valence-electron chi connectivity index (χ1n) is 6.28. The minimum Gasteiger partial charge on any atom is -0.490 e. The lowest BCUT2D eigenvalue weighted by Gasteiger charge is -2.15. The lowest BCUT2D eigenvalue weighted by atomic mass is 10.1. The van der Waals surface area contributed by atoms with Crippen molar-refractivity contribution in [2.45, 2.75) is 26.9 Å². The highest BCUT2D eigenvalue weighted by Crippen LogP contribution is 2.24. The van der Waals surface area contributed by atoms with E-state index in [-0.39, 0.29) is 18.6 Å². The zero-order valence-corrected chi connectivity index (χ0v) is 13.2. The molecule has 110 valence electrons. The molecule has 0 fully saturated rings. The Bertz CT molecular complexity index is 502. The maximum atomic E-state index is 12.1. The number of ether oxygens (including phenoxy) is 1. The topological polar surface area (TPSA) is 75.6 Å². The van der Waals surface area contributed by atoms with Gasteiger partial charge in [-0.25, -0.2) is 0 Å². The van der Waals surface area contributed by atoms with Crippen LogP contribution >= 0.6 is 15.9 Å². The largest absolute Gasteiger partial charge is 0.490 e. The van der Waals surface area contributed by atoms with Gasteiger partial charge in [0.15, 0.2) is 0 Å². The van der Waals surface area contributed by atoms with Crippen molar-refractivity contribution in [3.8, 4) is 5.75 Å². The molecule has 0 aromatic heterocycles. The van der Waals surface area contributed by atoms with Gasteiger partial charge < -0.3 is 15.2 Å². The molecule has 1 rings (SSSR count). The molecule has 0 radical (unpaired) electrons. The van der Waals surface area contributed by atoms with Crippen LogP contribution in [0.4, 0.5) is 0 Å². The molecule has 1 aromatic carbocycles. The fraction of sp³-hybridized carbons (Fsp3) is 0.429. The smallest absolute Gasteiger partial charge is 0.308 e. The molecule has 0 heterocycles. The third-order valence-electron chi connectivity index (χ3n) is 2.54. The molecule has 5 nitrogen and oxygen atoms in total. The van der Waals surface area contributed by atoms with Crippen molar-refractivity contribution in [3.05, 3.63) is 28.2 Å². The summed E-state index contributed by atoms with van der Waals surface area (Å²) in [4.78, 5) is 22.8. The van der Waals surface area contributed by atoms with Crippen molar-refractivity contribution in [2.75, 3.05) is 6.54 Å². The summed E-state index contributed by atoms with van der Waals surface area (Å²) in [7, 11) is 0. The van der Waals surface area contributed by atoms with Crippen molar-refractivity contribution < 1.29 is 19.4 Å². The molecule has 1 aromatic rings. The Morgan fingerprint density at radius 2 is 2.00 bits per heavy atom. The van der Waals surface area contributed by atoms with Crippen molar-refractivity contribution in [1.82, 2.24) is 5.32 Å². The zero-order chi connectivity index (χ0) is 15.3. The number of hydrogen-bond acceptors (Lipinski definition) is 3. The molecule has 0 aliphatic carbocycles. The Balaban J connectivity index is 2.84. The summed E-state index contributed by atoms with van der Waals surface area (Å²) in [6, 6.07) is 5.10. The number of aliphatic carboxylic acids is 1. The number of nitrogens with one attached hydrogen (secondary N) is 1. The molecule has 1 atom stereocenters. The van der Waals surface area contributed by atoms with E-state index in [0.29, 0.717) is 11.3 Å². The van der Waals surface area contributed by atoms with Crippen LogP contribution in [0.2, 0.25) is 0 Å². The highest BCUT2D eigenvalue weighted by Gasteiger charge is 2.17. The number of halogens is 1. The molecular formula is C14H18BrNO4. The lowest BCUT2D eigenvalue weighted by molar-refractivity contribution is -0.140. The van der Waals surface area contributed by atoms with E-state index < -0.39 is 11.9 Å². The van der Waals surface area contributed by atoms with Crippen molar-refractivity contribution in [2.24, 2.45) is 5.92 Å². The molecule has 0 saturated carbocycles. The molecule has 0 saturated heterocycles. The summed E-state index contributed by atoms with van der Waals surface area (Å²) < 4.78 is 6.40. The van der Waals surface area contributed by atoms with Gasteiger partial charge in [-0.1, -0.05) is 22.9 Å². The van der Waals surface area contributed by atoms with E-state index in [0.717, 1.165) is 4.47 Å². The van der Waals surface area contributed by atoms with Gasteiger partial charge in [-0.3, -0.25) is 9.59 Å². The number of carbonyl (C=O) groups excluding carboxylic acids is 1.